The van der Waals surface area contributed by atoms with E-state index in [4.69, 9.17) is 4.98 Å². The highest BCUT2D eigenvalue weighted by Gasteiger charge is 2.33. The van der Waals surface area contributed by atoms with E-state index in [0.29, 0.717) is 11.4 Å². The van der Waals surface area contributed by atoms with E-state index in [1.807, 2.05) is 41.0 Å². The van der Waals surface area contributed by atoms with E-state index in [0.717, 1.165) is 42.2 Å². The van der Waals surface area contributed by atoms with Crippen molar-refractivity contribution in [2.75, 3.05) is 11.4 Å². The van der Waals surface area contributed by atoms with E-state index in [1.165, 1.54) is 12.8 Å². The minimum absolute atomic E-state index is 0.0589. The highest BCUT2D eigenvalue weighted by Crippen LogP contribution is 2.30. The third-order valence-electron chi connectivity index (χ3n) is 5.21. The van der Waals surface area contributed by atoms with Gasteiger partial charge in [-0.05, 0) is 55.5 Å². The second-order valence-electron chi connectivity index (χ2n) is 6.87. The molecule has 0 saturated carbocycles. The summed E-state index contributed by atoms with van der Waals surface area (Å²) >= 11 is 0. The number of pyridine rings is 1. The van der Waals surface area contributed by atoms with Gasteiger partial charge in [-0.3, -0.25) is 9.36 Å². The number of piperidine rings is 1. The van der Waals surface area contributed by atoms with Crippen molar-refractivity contribution in [2.45, 2.75) is 31.8 Å². The van der Waals surface area contributed by atoms with Crippen molar-refractivity contribution in [2.24, 2.45) is 0 Å². The highest BCUT2D eigenvalue weighted by molar-refractivity contribution is 5.80. The Morgan fingerprint density at radius 1 is 1.12 bits per heavy atom. The van der Waals surface area contributed by atoms with E-state index in [-0.39, 0.29) is 5.56 Å². The summed E-state index contributed by atoms with van der Waals surface area (Å²) < 4.78 is 1.84. The maximum absolute atomic E-state index is 12.9. The summed E-state index contributed by atoms with van der Waals surface area (Å²) in [5.41, 5.74) is 2.35. The van der Waals surface area contributed by atoms with Crippen LogP contribution >= 0.6 is 0 Å². The molecule has 1 unspecified atom stereocenters. The Labute approximate surface area is 151 Å². The molecule has 1 saturated heterocycles. The third-order valence-corrected chi connectivity index (χ3v) is 5.21. The smallest absolute Gasteiger partial charge is 0.262 e. The van der Waals surface area contributed by atoms with Gasteiger partial charge in [0.25, 0.3) is 5.56 Å². The van der Waals surface area contributed by atoms with Crippen molar-refractivity contribution in [1.82, 2.24) is 14.5 Å². The molecule has 0 radical (unpaired) electrons. The summed E-state index contributed by atoms with van der Waals surface area (Å²) in [5.74, 6) is 7.00. The number of fused-ring (bicyclic) bond motifs is 4. The Hall–Kier alpha value is -3.13. The second-order valence-corrected chi connectivity index (χ2v) is 6.87. The molecular weight excluding hydrogens is 324 g/mol. The van der Waals surface area contributed by atoms with Gasteiger partial charge < -0.3 is 4.90 Å². The third kappa shape index (κ3) is 2.46. The molecule has 5 nitrogen and oxygen atoms in total. The summed E-state index contributed by atoms with van der Waals surface area (Å²) in [4.78, 5) is 24.2. The lowest BCUT2D eigenvalue weighted by atomic mass is 10.0. The van der Waals surface area contributed by atoms with Gasteiger partial charge in [-0.15, -0.1) is 0 Å². The Kier molecular flexibility index (Phi) is 3.49. The summed E-state index contributed by atoms with van der Waals surface area (Å²) in [6.45, 7) is 1.75. The van der Waals surface area contributed by atoms with Crippen LogP contribution in [0.15, 0.2) is 47.4 Å². The summed E-state index contributed by atoms with van der Waals surface area (Å²) in [6.07, 6.45) is 5.27. The molecule has 0 amide bonds. The Balaban J connectivity index is 1.59. The van der Waals surface area contributed by atoms with Crippen molar-refractivity contribution in [3.63, 3.8) is 0 Å². The molecule has 0 N–H and O–H groups in total. The van der Waals surface area contributed by atoms with Gasteiger partial charge in [-0.2, -0.15) is 0 Å². The fourth-order valence-corrected chi connectivity index (χ4v) is 3.91. The molecule has 5 rings (SSSR count). The van der Waals surface area contributed by atoms with Crippen LogP contribution in [0.4, 0.5) is 5.95 Å². The maximum Gasteiger partial charge on any atom is 0.262 e. The number of nitrogens with zero attached hydrogens (tertiary/aromatic N) is 4. The van der Waals surface area contributed by atoms with Crippen LogP contribution in [0.25, 0.3) is 10.9 Å². The molecule has 3 aromatic rings. The fourth-order valence-electron chi connectivity index (χ4n) is 3.91. The first kappa shape index (κ1) is 15.2. The zero-order valence-electron chi connectivity index (χ0n) is 14.4. The largest absolute Gasteiger partial charge is 0.337 e. The van der Waals surface area contributed by atoms with Crippen LogP contribution in [-0.4, -0.2) is 27.1 Å². The normalized spacial score (nSPS) is 18.2. The molecule has 2 aliphatic rings. The van der Waals surface area contributed by atoms with Gasteiger partial charge in [0.2, 0.25) is 5.95 Å². The maximum atomic E-state index is 12.9. The predicted molar refractivity (Wildman–Crippen MR) is 101 cm³/mol. The number of anilines is 1. The van der Waals surface area contributed by atoms with Gasteiger partial charge in [0, 0.05) is 30.9 Å². The van der Waals surface area contributed by atoms with Gasteiger partial charge >= 0.3 is 0 Å². The highest BCUT2D eigenvalue weighted by atomic mass is 16.1. The van der Waals surface area contributed by atoms with E-state index < -0.39 is 0 Å². The van der Waals surface area contributed by atoms with Gasteiger partial charge in [0.15, 0.2) is 0 Å². The first-order valence-electron chi connectivity index (χ1n) is 9.04. The number of rotatable bonds is 0. The van der Waals surface area contributed by atoms with Gasteiger partial charge in [0.1, 0.15) is 5.69 Å². The molecule has 0 aliphatic carbocycles. The van der Waals surface area contributed by atoms with Crippen LogP contribution in [0.3, 0.4) is 0 Å². The van der Waals surface area contributed by atoms with Crippen molar-refractivity contribution >= 4 is 16.9 Å². The molecule has 1 atom stereocenters. The molecule has 5 heteroatoms. The van der Waals surface area contributed by atoms with Crippen molar-refractivity contribution in [3.8, 4) is 11.8 Å². The van der Waals surface area contributed by atoms with Gasteiger partial charge in [-0.25, -0.2) is 9.97 Å². The van der Waals surface area contributed by atoms with Gasteiger partial charge in [0.05, 0.1) is 10.9 Å². The fraction of sp³-hybridized carbons (Fsp3) is 0.286. The van der Waals surface area contributed by atoms with E-state index in [1.54, 1.807) is 6.20 Å². The molecule has 2 aliphatic heterocycles. The van der Waals surface area contributed by atoms with Crippen LogP contribution in [0, 0.1) is 11.8 Å². The van der Waals surface area contributed by atoms with Crippen LogP contribution in [0.1, 0.15) is 30.5 Å². The Bertz CT molecular complexity index is 1110. The van der Waals surface area contributed by atoms with Crippen LogP contribution < -0.4 is 10.5 Å². The van der Waals surface area contributed by atoms with Crippen LogP contribution in [-0.2, 0) is 6.54 Å². The molecule has 2 aromatic heterocycles. The first-order chi connectivity index (χ1) is 12.8. The number of hydrogen-bond donors (Lipinski definition) is 0. The lowest BCUT2D eigenvalue weighted by Gasteiger charge is -2.29. The average Bonchev–Trinajstić information content (AvgIpc) is 3.06. The second kappa shape index (κ2) is 5.99. The Morgan fingerprint density at radius 2 is 2.08 bits per heavy atom. The molecule has 1 fully saturated rings. The SMILES string of the molecule is O=c1c2ccc(C#Cc3ccccn3)cc2nc2n1CC1CCCCN21. The van der Waals surface area contributed by atoms with E-state index >= 15 is 0 Å². The standard InChI is InChI=1S/C21H18N4O/c26-20-18-10-8-15(7-9-16-5-1-3-11-22-16)13-19(18)23-21-24-12-4-2-6-17(24)14-25(20)21/h1,3,5,8,10-11,13,17H,2,4,6,12,14H2. The lowest BCUT2D eigenvalue weighted by molar-refractivity contribution is 0.459. The molecule has 0 bridgehead atoms. The van der Waals surface area contributed by atoms with Crippen molar-refractivity contribution in [1.29, 1.82) is 0 Å². The predicted octanol–water partition coefficient (Wildman–Crippen LogP) is 2.56. The van der Waals surface area contributed by atoms with E-state index in [2.05, 4.69) is 21.7 Å². The number of benzene rings is 1. The summed E-state index contributed by atoms with van der Waals surface area (Å²) in [6, 6.07) is 11.7. The minimum atomic E-state index is 0.0589. The zero-order valence-corrected chi connectivity index (χ0v) is 14.4. The number of hydrogen-bond acceptors (Lipinski definition) is 4. The average molecular weight is 342 g/mol. The monoisotopic (exact) mass is 342 g/mol. The van der Waals surface area contributed by atoms with Crippen molar-refractivity contribution < 1.29 is 0 Å². The van der Waals surface area contributed by atoms with E-state index in [9.17, 15) is 4.79 Å². The first-order valence-corrected chi connectivity index (χ1v) is 9.04. The molecule has 26 heavy (non-hydrogen) atoms. The zero-order chi connectivity index (χ0) is 17.5. The molecule has 0 spiro atoms. The summed E-state index contributed by atoms with van der Waals surface area (Å²) in [5, 5.41) is 0.664. The minimum Gasteiger partial charge on any atom is -0.337 e. The number of aromatic nitrogens is 3. The lowest BCUT2D eigenvalue weighted by Crippen LogP contribution is -2.36. The van der Waals surface area contributed by atoms with Gasteiger partial charge in [-0.1, -0.05) is 12.0 Å². The molecule has 1 aromatic carbocycles. The van der Waals surface area contributed by atoms with Crippen molar-refractivity contribution in [3.05, 3.63) is 64.2 Å². The summed E-state index contributed by atoms with van der Waals surface area (Å²) in [7, 11) is 0. The quantitative estimate of drug-likeness (QED) is 0.589. The molecule has 4 heterocycles. The molecular formula is C21H18N4O. The molecule has 128 valence electrons. The van der Waals surface area contributed by atoms with Crippen LogP contribution in [0.5, 0.6) is 0 Å². The van der Waals surface area contributed by atoms with Crippen LogP contribution in [0.2, 0.25) is 0 Å². The Morgan fingerprint density at radius 3 is 2.96 bits per heavy atom. The topological polar surface area (TPSA) is 51.0 Å².